The first-order valence-corrected chi connectivity index (χ1v) is 12.7. The number of rotatable bonds is 5. The maximum Gasteiger partial charge on any atom is 0.303 e. The average molecular weight is 471 g/mol. The molecule has 34 heavy (non-hydrogen) atoms. The minimum atomic E-state index is -0.643. The molecular formula is C28H38O6. The van der Waals surface area contributed by atoms with Crippen LogP contribution in [0.15, 0.2) is 23.3 Å². The number of allylic oxidation sites excluding steroid dienone is 4. The second-order valence-electron chi connectivity index (χ2n) is 11.3. The number of hydrogen-bond acceptors (Lipinski definition) is 6. The molecule has 0 aliphatic heterocycles. The molecule has 0 N–H and O–H groups in total. The van der Waals surface area contributed by atoms with Crippen LogP contribution in [0.4, 0.5) is 0 Å². The van der Waals surface area contributed by atoms with Crippen molar-refractivity contribution < 1.29 is 28.7 Å². The van der Waals surface area contributed by atoms with Crippen molar-refractivity contribution in [3.8, 4) is 0 Å². The molecule has 0 aromatic heterocycles. The van der Waals surface area contributed by atoms with Crippen molar-refractivity contribution in [2.24, 2.45) is 34.5 Å². The lowest BCUT2D eigenvalue weighted by Crippen LogP contribution is -2.54. The van der Waals surface area contributed by atoms with E-state index in [1.165, 1.54) is 19.4 Å². The molecule has 3 saturated carbocycles. The molecule has 0 heterocycles. The summed E-state index contributed by atoms with van der Waals surface area (Å²) in [7, 11) is 0. The number of hydrogen-bond donors (Lipinski definition) is 0. The van der Waals surface area contributed by atoms with Gasteiger partial charge in [0.1, 0.15) is 18.0 Å². The Bertz CT molecular complexity index is 975. The highest BCUT2D eigenvalue weighted by molar-refractivity contribution is 6.02. The fraction of sp³-hybridized carbons (Fsp3) is 0.714. The fourth-order valence-electron chi connectivity index (χ4n) is 8.06. The van der Waals surface area contributed by atoms with Gasteiger partial charge in [0.2, 0.25) is 0 Å². The number of ketones is 2. The van der Waals surface area contributed by atoms with Gasteiger partial charge in [0.05, 0.1) is 0 Å². The molecule has 4 rings (SSSR count). The van der Waals surface area contributed by atoms with Crippen molar-refractivity contribution in [2.75, 3.05) is 0 Å². The molecule has 6 nitrogen and oxygen atoms in total. The van der Waals surface area contributed by atoms with Crippen molar-refractivity contribution in [3.63, 3.8) is 0 Å². The fourth-order valence-corrected chi connectivity index (χ4v) is 8.06. The molecule has 6 heteroatoms. The normalized spacial score (nSPS) is 38.5. The second kappa shape index (κ2) is 8.76. The monoisotopic (exact) mass is 470 g/mol. The molecule has 4 aliphatic carbocycles. The predicted octanol–water partition coefficient (Wildman–Crippen LogP) is 4.75. The zero-order valence-corrected chi connectivity index (χ0v) is 21.3. The molecule has 186 valence electrons. The van der Waals surface area contributed by atoms with Gasteiger partial charge in [-0.1, -0.05) is 31.9 Å². The van der Waals surface area contributed by atoms with Gasteiger partial charge in [-0.15, -0.1) is 0 Å². The van der Waals surface area contributed by atoms with E-state index in [0.29, 0.717) is 18.8 Å². The Balaban J connectivity index is 1.76. The van der Waals surface area contributed by atoms with Crippen molar-refractivity contribution >= 4 is 23.5 Å². The summed E-state index contributed by atoms with van der Waals surface area (Å²) in [6.45, 7) is 11.1. The Morgan fingerprint density at radius 3 is 2.38 bits per heavy atom. The smallest absolute Gasteiger partial charge is 0.303 e. The van der Waals surface area contributed by atoms with Crippen LogP contribution in [0.3, 0.4) is 0 Å². The van der Waals surface area contributed by atoms with Crippen LogP contribution in [0.1, 0.15) is 80.1 Å². The SMILES string of the molecule is CC[C@H](OC(C)=O)[C@H](OC(C)=O)[C@@H]1CC(=O)[C@@]2(C)CC[C@H]3[C@@H](CCC4=CC(=O)C=C(C)[C@@]43C)[C@H]12. The maximum atomic E-state index is 13.5. The zero-order valence-electron chi connectivity index (χ0n) is 21.3. The van der Waals surface area contributed by atoms with Gasteiger partial charge in [0, 0.05) is 37.0 Å². The van der Waals surface area contributed by atoms with Gasteiger partial charge >= 0.3 is 11.9 Å². The Kier molecular flexibility index (Phi) is 6.41. The van der Waals surface area contributed by atoms with Crippen LogP contribution in [-0.4, -0.2) is 35.7 Å². The van der Waals surface area contributed by atoms with Gasteiger partial charge in [0.25, 0.3) is 0 Å². The summed E-state index contributed by atoms with van der Waals surface area (Å²) in [6, 6.07) is 0. The molecule has 0 amide bonds. The van der Waals surface area contributed by atoms with Crippen LogP contribution in [0.5, 0.6) is 0 Å². The van der Waals surface area contributed by atoms with Gasteiger partial charge in [-0.05, 0) is 68.9 Å². The lowest BCUT2D eigenvalue weighted by Gasteiger charge is -2.58. The van der Waals surface area contributed by atoms with Crippen LogP contribution in [0.2, 0.25) is 0 Å². The molecule has 0 unspecified atom stereocenters. The number of Topliss-reactive ketones (excluding diaryl/α,β-unsaturated/α-hetero) is 1. The maximum absolute atomic E-state index is 13.5. The summed E-state index contributed by atoms with van der Waals surface area (Å²) in [6.07, 6.45) is 6.69. The average Bonchev–Trinajstić information content (AvgIpc) is 3.02. The van der Waals surface area contributed by atoms with Crippen molar-refractivity contribution in [3.05, 3.63) is 23.3 Å². The molecule has 0 bridgehead atoms. The summed E-state index contributed by atoms with van der Waals surface area (Å²) in [5, 5.41) is 0. The Hall–Kier alpha value is -2.24. The summed E-state index contributed by atoms with van der Waals surface area (Å²) >= 11 is 0. The highest BCUT2D eigenvalue weighted by atomic mass is 16.6. The van der Waals surface area contributed by atoms with E-state index in [2.05, 4.69) is 20.8 Å². The first kappa shape index (κ1) is 24.9. The van der Waals surface area contributed by atoms with E-state index in [4.69, 9.17) is 9.47 Å². The third-order valence-electron chi connectivity index (χ3n) is 9.67. The van der Waals surface area contributed by atoms with Crippen molar-refractivity contribution in [1.82, 2.24) is 0 Å². The van der Waals surface area contributed by atoms with E-state index >= 15 is 0 Å². The zero-order chi connectivity index (χ0) is 25.0. The molecule has 0 spiro atoms. The number of carbonyl (C=O) groups is 4. The Labute approximate surface area is 202 Å². The highest BCUT2D eigenvalue weighted by Gasteiger charge is 2.64. The molecular weight excluding hydrogens is 432 g/mol. The molecule has 4 aliphatic rings. The number of ether oxygens (including phenoxy) is 2. The third kappa shape index (κ3) is 3.77. The summed E-state index contributed by atoms with van der Waals surface area (Å²) in [4.78, 5) is 49.7. The number of fused-ring (bicyclic) bond motifs is 5. The number of carbonyl (C=O) groups excluding carboxylic acids is 4. The minimum Gasteiger partial charge on any atom is -0.459 e. The van der Waals surface area contributed by atoms with E-state index in [9.17, 15) is 19.2 Å². The van der Waals surface area contributed by atoms with Gasteiger partial charge in [-0.3, -0.25) is 19.2 Å². The molecule has 0 aromatic carbocycles. The van der Waals surface area contributed by atoms with E-state index < -0.39 is 29.6 Å². The first-order chi connectivity index (χ1) is 15.9. The van der Waals surface area contributed by atoms with Crippen molar-refractivity contribution in [1.29, 1.82) is 0 Å². The van der Waals surface area contributed by atoms with E-state index in [-0.39, 0.29) is 34.7 Å². The second-order valence-corrected chi connectivity index (χ2v) is 11.3. The number of esters is 2. The molecule has 3 fully saturated rings. The molecule has 8 atom stereocenters. The van der Waals surface area contributed by atoms with Crippen LogP contribution >= 0.6 is 0 Å². The van der Waals surface area contributed by atoms with Crippen LogP contribution in [0.25, 0.3) is 0 Å². The van der Waals surface area contributed by atoms with E-state index in [1.807, 2.05) is 13.0 Å². The predicted molar refractivity (Wildman–Crippen MR) is 127 cm³/mol. The standard InChI is InChI=1S/C28H38O6/c1-7-23(33-16(3)29)26(34-17(4)30)21-14-24(32)27(5)11-10-22-20(25(21)27)9-8-18-13-19(31)12-15(2)28(18,22)6/h12-13,20-23,25-26H,7-11,14H2,1-6H3/t20-,21-,22+,23+,25-,26-,27-,28+/m1/s1. The van der Waals surface area contributed by atoms with E-state index in [1.54, 1.807) is 6.08 Å². The van der Waals surface area contributed by atoms with Crippen molar-refractivity contribution in [2.45, 2.75) is 92.3 Å². The Morgan fingerprint density at radius 2 is 1.76 bits per heavy atom. The first-order valence-electron chi connectivity index (χ1n) is 12.7. The lowest BCUT2D eigenvalue weighted by molar-refractivity contribution is -0.175. The third-order valence-corrected chi connectivity index (χ3v) is 9.67. The van der Waals surface area contributed by atoms with Gasteiger partial charge in [0.15, 0.2) is 5.78 Å². The van der Waals surface area contributed by atoms with Crippen LogP contribution in [-0.2, 0) is 28.7 Å². The highest BCUT2D eigenvalue weighted by Crippen LogP contribution is 2.66. The largest absolute Gasteiger partial charge is 0.459 e. The lowest BCUT2D eigenvalue weighted by atomic mass is 9.46. The minimum absolute atomic E-state index is 0.0384. The van der Waals surface area contributed by atoms with E-state index in [0.717, 1.165) is 31.3 Å². The summed E-state index contributed by atoms with van der Waals surface area (Å²) in [5.41, 5.74) is 1.66. The molecule has 0 aromatic rings. The Morgan fingerprint density at radius 1 is 1.09 bits per heavy atom. The molecule has 0 saturated heterocycles. The van der Waals surface area contributed by atoms with Crippen LogP contribution in [0, 0.1) is 34.5 Å². The summed E-state index contributed by atoms with van der Waals surface area (Å²) < 4.78 is 11.5. The van der Waals surface area contributed by atoms with Gasteiger partial charge in [-0.2, -0.15) is 0 Å². The van der Waals surface area contributed by atoms with Gasteiger partial charge < -0.3 is 9.47 Å². The quantitative estimate of drug-likeness (QED) is 0.539. The van der Waals surface area contributed by atoms with Crippen LogP contribution < -0.4 is 0 Å². The topological polar surface area (TPSA) is 86.7 Å². The van der Waals surface area contributed by atoms with Gasteiger partial charge in [-0.25, -0.2) is 0 Å². The molecule has 0 radical (unpaired) electrons. The summed E-state index contributed by atoms with van der Waals surface area (Å²) in [5.74, 6) is -0.108.